The number of hydrogen-bond acceptors (Lipinski definition) is 2. The molecule has 0 atom stereocenters. The van der Waals surface area contributed by atoms with Gasteiger partial charge in [0, 0.05) is 12.7 Å². The molecule has 1 aromatic heterocycles. The van der Waals surface area contributed by atoms with Gasteiger partial charge in [0.15, 0.2) is 0 Å². The van der Waals surface area contributed by atoms with Gasteiger partial charge in [-0.2, -0.15) is 5.10 Å². The highest BCUT2D eigenvalue weighted by atomic mass is 79.9. The first-order chi connectivity index (χ1) is 8.19. The summed E-state index contributed by atoms with van der Waals surface area (Å²) in [6, 6.07) is 6.96. The molecule has 0 radical (unpaired) electrons. The molecule has 0 amide bonds. The molecule has 1 N–H and O–H groups in total. The van der Waals surface area contributed by atoms with Crippen molar-refractivity contribution in [1.82, 2.24) is 15.1 Å². The molecule has 0 saturated heterocycles. The maximum Gasteiger partial charge on any atom is 0.137 e. The maximum atomic E-state index is 13.1. The van der Waals surface area contributed by atoms with Gasteiger partial charge in [-0.3, -0.25) is 4.68 Å². The average Bonchev–Trinajstić information content (AvgIpc) is 2.72. The fourth-order valence-corrected chi connectivity index (χ4v) is 2.02. The molecule has 3 nitrogen and oxygen atoms in total. The van der Waals surface area contributed by atoms with Crippen LogP contribution in [-0.4, -0.2) is 16.8 Å². The molecule has 1 aromatic carbocycles. The van der Waals surface area contributed by atoms with E-state index in [9.17, 15) is 4.39 Å². The molecular weight excluding hydrogens is 285 g/mol. The van der Waals surface area contributed by atoms with Crippen LogP contribution in [-0.2, 0) is 13.1 Å². The van der Waals surface area contributed by atoms with Gasteiger partial charge in [-0.1, -0.05) is 6.07 Å². The standard InChI is InChI=1S/C12H13BrFN3/c1-15-7-10-4-5-17(16-10)8-9-2-3-12(14)11(13)6-9/h2-6,15H,7-8H2,1H3. The summed E-state index contributed by atoms with van der Waals surface area (Å²) in [5.74, 6) is -0.245. The van der Waals surface area contributed by atoms with E-state index >= 15 is 0 Å². The Morgan fingerprint density at radius 3 is 2.94 bits per heavy atom. The summed E-state index contributed by atoms with van der Waals surface area (Å²) in [6.07, 6.45) is 1.92. The Kier molecular flexibility index (Phi) is 3.91. The molecule has 5 heteroatoms. The molecule has 0 bridgehead atoms. The first-order valence-electron chi connectivity index (χ1n) is 5.30. The van der Waals surface area contributed by atoms with Crippen LogP contribution in [0.4, 0.5) is 4.39 Å². The van der Waals surface area contributed by atoms with Crippen molar-refractivity contribution in [2.45, 2.75) is 13.1 Å². The van der Waals surface area contributed by atoms with Crippen molar-refractivity contribution in [3.8, 4) is 0 Å². The number of hydrogen-bond donors (Lipinski definition) is 1. The zero-order chi connectivity index (χ0) is 12.3. The normalized spacial score (nSPS) is 10.8. The fourth-order valence-electron chi connectivity index (χ4n) is 1.59. The lowest BCUT2D eigenvalue weighted by molar-refractivity contribution is 0.616. The second-order valence-electron chi connectivity index (χ2n) is 3.78. The number of nitrogens with zero attached hydrogens (tertiary/aromatic N) is 2. The quantitative estimate of drug-likeness (QED) is 0.940. The highest BCUT2D eigenvalue weighted by Gasteiger charge is 2.02. The number of rotatable bonds is 4. The average molecular weight is 298 g/mol. The zero-order valence-electron chi connectivity index (χ0n) is 9.45. The van der Waals surface area contributed by atoms with E-state index in [-0.39, 0.29) is 5.82 Å². The molecule has 0 aliphatic heterocycles. The molecule has 0 aliphatic rings. The van der Waals surface area contributed by atoms with Gasteiger partial charge in [0.25, 0.3) is 0 Å². The fraction of sp³-hybridized carbons (Fsp3) is 0.250. The van der Waals surface area contributed by atoms with E-state index in [4.69, 9.17) is 0 Å². The topological polar surface area (TPSA) is 29.9 Å². The van der Waals surface area contributed by atoms with Gasteiger partial charge in [0.1, 0.15) is 5.82 Å². The molecule has 17 heavy (non-hydrogen) atoms. The summed E-state index contributed by atoms with van der Waals surface area (Å²) in [7, 11) is 1.89. The van der Waals surface area contributed by atoms with E-state index in [0.29, 0.717) is 11.0 Å². The first-order valence-corrected chi connectivity index (χ1v) is 6.09. The number of nitrogens with one attached hydrogen (secondary N) is 1. The molecule has 0 unspecified atom stereocenters. The lowest BCUT2D eigenvalue weighted by Gasteiger charge is -2.03. The van der Waals surface area contributed by atoms with Crippen LogP contribution in [0.1, 0.15) is 11.3 Å². The van der Waals surface area contributed by atoms with Crippen LogP contribution < -0.4 is 5.32 Å². The molecule has 90 valence electrons. The van der Waals surface area contributed by atoms with E-state index in [0.717, 1.165) is 17.8 Å². The minimum atomic E-state index is -0.245. The van der Waals surface area contributed by atoms with Gasteiger partial charge in [-0.15, -0.1) is 0 Å². The van der Waals surface area contributed by atoms with Crippen LogP contribution >= 0.6 is 15.9 Å². The van der Waals surface area contributed by atoms with Crippen molar-refractivity contribution in [1.29, 1.82) is 0 Å². The van der Waals surface area contributed by atoms with Crippen LogP contribution in [0.15, 0.2) is 34.9 Å². The van der Waals surface area contributed by atoms with Crippen molar-refractivity contribution in [2.24, 2.45) is 0 Å². The third-order valence-corrected chi connectivity index (χ3v) is 2.99. The minimum Gasteiger partial charge on any atom is -0.314 e. The van der Waals surface area contributed by atoms with Crippen molar-refractivity contribution in [3.63, 3.8) is 0 Å². The first kappa shape index (κ1) is 12.3. The van der Waals surface area contributed by atoms with E-state index < -0.39 is 0 Å². The SMILES string of the molecule is CNCc1ccn(Cc2ccc(F)c(Br)c2)n1. The van der Waals surface area contributed by atoms with E-state index in [1.807, 2.05) is 24.0 Å². The van der Waals surface area contributed by atoms with E-state index in [2.05, 4.69) is 26.3 Å². The van der Waals surface area contributed by atoms with E-state index in [1.165, 1.54) is 6.07 Å². The largest absolute Gasteiger partial charge is 0.314 e. The Bertz CT molecular complexity index is 510. The monoisotopic (exact) mass is 297 g/mol. The van der Waals surface area contributed by atoms with Gasteiger partial charge < -0.3 is 5.32 Å². The predicted octanol–water partition coefficient (Wildman–Crippen LogP) is 2.55. The minimum absolute atomic E-state index is 0.245. The molecule has 2 aromatic rings. The Balaban J connectivity index is 2.11. The lowest BCUT2D eigenvalue weighted by atomic mass is 10.2. The van der Waals surface area contributed by atoms with Crippen molar-refractivity contribution >= 4 is 15.9 Å². The van der Waals surface area contributed by atoms with Crippen LogP contribution in [0.3, 0.4) is 0 Å². The van der Waals surface area contributed by atoms with Gasteiger partial charge >= 0.3 is 0 Å². The molecular formula is C12H13BrFN3. The number of aromatic nitrogens is 2. The van der Waals surface area contributed by atoms with Crippen LogP contribution in [0.2, 0.25) is 0 Å². The molecule has 0 fully saturated rings. The Morgan fingerprint density at radius 1 is 1.41 bits per heavy atom. The van der Waals surface area contributed by atoms with Gasteiger partial charge in [0.05, 0.1) is 16.7 Å². The summed E-state index contributed by atoms with van der Waals surface area (Å²) < 4.78 is 15.4. The smallest absolute Gasteiger partial charge is 0.137 e. The Hall–Kier alpha value is -1.20. The Labute approximate surface area is 108 Å². The summed E-state index contributed by atoms with van der Waals surface area (Å²) >= 11 is 3.17. The highest BCUT2D eigenvalue weighted by molar-refractivity contribution is 9.10. The highest BCUT2D eigenvalue weighted by Crippen LogP contribution is 2.17. The van der Waals surface area contributed by atoms with Gasteiger partial charge in [-0.25, -0.2) is 4.39 Å². The molecule has 2 rings (SSSR count). The number of benzene rings is 1. The maximum absolute atomic E-state index is 13.1. The van der Waals surface area contributed by atoms with Crippen molar-refractivity contribution < 1.29 is 4.39 Å². The second-order valence-corrected chi connectivity index (χ2v) is 4.64. The van der Waals surface area contributed by atoms with E-state index in [1.54, 1.807) is 12.1 Å². The third kappa shape index (κ3) is 3.14. The van der Waals surface area contributed by atoms with Crippen LogP contribution in [0.25, 0.3) is 0 Å². The third-order valence-electron chi connectivity index (χ3n) is 2.38. The molecule has 1 heterocycles. The number of halogens is 2. The van der Waals surface area contributed by atoms with Crippen LogP contribution in [0.5, 0.6) is 0 Å². The summed E-state index contributed by atoms with van der Waals surface area (Å²) in [4.78, 5) is 0. The predicted molar refractivity (Wildman–Crippen MR) is 68.2 cm³/mol. The Morgan fingerprint density at radius 2 is 2.24 bits per heavy atom. The summed E-state index contributed by atoms with van der Waals surface area (Å²) in [5, 5.41) is 7.44. The van der Waals surface area contributed by atoms with Crippen molar-refractivity contribution in [3.05, 3.63) is 52.0 Å². The van der Waals surface area contributed by atoms with Gasteiger partial charge in [0.2, 0.25) is 0 Å². The summed E-state index contributed by atoms with van der Waals surface area (Å²) in [5.41, 5.74) is 2.01. The lowest BCUT2D eigenvalue weighted by Crippen LogP contribution is -2.07. The summed E-state index contributed by atoms with van der Waals surface area (Å²) in [6.45, 7) is 1.39. The van der Waals surface area contributed by atoms with Crippen LogP contribution in [0, 0.1) is 5.82 Å². The molecule has 0 spiro atoms. The van der Waals surface area contributed by atoms with Gasteiger partial charge in [-0.05, 0) is 46.7 Å². The molecule has 0 saturated carbocycles. The molecule has 0 aliphatic carbocycles. The van der Waals surface area contributed by atoms with Crippen molar-refractivity contribution in [2.75, 3.05) is 7.05 Å². The zero-order valence-corrected chi connectivity index (χ0v) is 11.0. The second kappa shape index (κ2) is 5.42.